The van der Waals surface area contributed by atoms with Gasteiger partial charge in [-0.15, -0.1) is 0 Å². The summed E-state index contributed by atoms with van der Waals surface area (Å²) in [5.41, 5.74) is 4.53. The zero-order chi connectivity index (χ0) is 37.6. The maximum atomic E-state index is 13.6. The van der Waals surface area contributed by atoms with Crippen LogP contribution in [0.3, 0.4) is 0 Å². The van der Waals surface area contributed by atoms with Gasteiger partial charge < -0.3 is 43.3 Å². The number of hydrogen-bond acceptors (Lipinski definition) is 10. The Kier molecular flexibility index (Phi) is 15.8. The number of aldehydes is 1. The number of nitrogens with one attached hydrogen (secondary N) is 1. The summed E-state index contributed by atoms with van der Waals surface area (Å²) in [7, 11) is 0. The summed E-state index contributed by atoms with van der Waals surface area (Å²) < 4.78 is 40.9. The molecule has 1 saturated carbocycles. The Morgan fingerprint density at radius 3 is 2.00 bits per heavy atom. The van der Waals surface area contributed by atoms with Crippen LogP contribution in [0.5, 0.6) is 0 Å². The molecule has 0 saturated heterocycles. The molecule has 1 fully saturated rings. The summed E-state index contributed by atoms with van der Waals surface area (Å²) in [4.78, 5) is 36.7. The van der Waals surface area contributed by atoms with Gasteiger partial charge in [-0.05, 0) is 74.1 Å². The molecular weight excluding hydrogens is 666 g/mol. The summed E-state index contributed by atoms with van der Waals surface area (Å²) in [5, 5.41) is 2.66. The van der Waals surface area contributed by atoms with Crippen molar-refractivity contribution in [3.63, 3.8) is 0 Å². The molecule has 1 aliphatic heterocycles. The second kappa shape index (κ2) is 20.0. The van der Waals surface area contributed by atoms with Gasteiger partial charge in [-0.1, -0.05) is 68.8 Å². The minimum absolute atomic E-state index is 0.0405. The highest BCUT2D eigenvalue weighted by Gasteiger charge is 2.52. The molecule has 2 aromatic rings. The number of benzene rings is 2. The first-order valence-electron chi connectivity index (χ1n) is 18.3. The Labute approximate surface area is 308 Å². The molecule has 286 valence electrons. The largest absolute Gasteiger partial charge is 0.488 e. The first kappa shape index (κ1) is 41.2. The fraction of sp³-hybridized carbons (Fsp3) is 0.585. The standard InChI is InChI=1S/C41H57NO10/c1-29-24-30(2)36(31(3)25-29)37-38(51-27-32-10-8-7-9-11-32)41(52-39(37)45)14-12-33(13-15-41)50-23-22-48-19-18-46-16-17-47-20-21-49-28-35(44)42-34(26-43)40(4,5)6/h7-11,24-26,33-34H,12-23,27-28H2,1-6H3,(H,42,44). The number of aryl methyl sites for hydroxylation is 3. The quantitative estimate of drug-likeness (QED) is 0.0990. The molecule has 11 heteroatoms. The van der Waals surface area contributed by atoms with Gasteiger partial charge in [0.1, 0.15) is 25.1 Å². The molecule has 2 aromatic carbocycles. The lowest BCUT2D eigenvalue weighted by Crippen LogP contribution is -2.46. The predicted octanol–water partition coefficient (Wildman–Crippen LogP) is 5.59. The van der Waals surface area contributed by atoms with E-state index in [1.165, 1.54) is 0 Å². The lowest BCUT2D eigenvalue weighted by atomic mass is 9.80. The molecule has 52 heavy (non-hydrogen) atoms. The van der Waals surface area contributed by atoms with E-state index in [9.17, 15) is 14.4 Å². The topological polar surface area (TPSA) is 128 Å². The average Bonchev–Trinajstić information content (AvgIpc) is 3.36. The van der Waals surface area contributed by atoms with Gasteiger partial charge in [-0.2, -0.15) is 0 Å². The molecule has 0 aromatic heterocycles. The van der Waals surface area contributed by atoms with Crippen LogP contribution in [0.1, 0.15) is 74.3 Å². The second-order valence-corrected chi connectivity index (χ2v) is 14.6. The monoisotopic (exact) mass is 723 g/mol. The fourth-order valence-corrected chi connectivity index (χ4v) is 6.64. The van der Waals surface area contributed by atoms with Gasteiger partial charge in [0.2, 0.25) is 5.91 Å². The molecule has 1 N–H and O–H groups in total. The van der Waals surface area contributed by atoms with Crippen molar-refractivity contribution in [1.29, 1.82) is 0 Å². The third-order valence-electron chi connectivity index (χ3n) is 9.34. The van der Waals surface area contributed by atoms with Crippen molar-refractivity contribution >= 4 is 23.7 Å². The number of ether oxygens (including phenoxy) is 7. The smallest absolute Gasteiger partial charge is 0.343 e. The van der Waals surface area contributed by atoms with Gasteiger partial charge in [0, 0.05) is 0 Å². The van der Waals surface area contributed by atoms with Crippen LogP contribution in [0.25, 0.3) is 5.57 Å². The van der Waals surface area contributed by atoms with Gasteiger partial charge in [-0.25, -0.2) is 4.79 Å². The van der Waals surface area contributed by atoms with E-state index in [1.54, 1.807) is 0 Å². The molecule has 4 rings (SSSR count). The van der Waals surface area contributed by atoms with Crippen LogP contribution < -0.4 is 5.32 Å². The number of carbonyl (C=O) groups excluding carboxylic acids is 3. The molecule has 1 atom stereocenters. The van der Waals surface area contributed by atoms with E-state index in [-0.39, 0.29) is 36.6 Å². The van der Waals surface area contributed by atoms with Crippen molar-refractivity contribution in [1.82, 2.24) is 5.32 Å². The highest BCUT2D eigenvalue weighted by molar-refractivity contribution is 6.20. The van der Waals surface area contributed by atoms with Crippen LogP contribution in [0.2, 0.25) is 0 Å². The molecule has 1 unspecified atom stereocenters. The number of amides is 1. The molecule has 2 aliphatic rings. The van der Waals surface area contributed by atoms with Crippen LogP contribution in [-0.2, 0) is 54.1 Å². The van der Waals surface area contributed by atoms with Crippen molar-refractivity contribution in [2.75, 3.05) is 59.5 Å². The Morgan fingerprint density at radius 1 is 0.885 bits per heavy atom. The van der Waals surface area contributed by atoms with Crippen LogP contribution in [-0.4, -0.2) is 95.4 Å². The van der Waals surface area contributed by atoms with Gasteiger partial charge in [0.25, 0.3) is 0 Å². The summed E-state index contributed by atoms with van der Waals surface area (Å²) in [6, 6.07) is 13.6. The van der Waals surface area contributed by atoms with E-state index >= 15 is 0 Å². The van der Waals surface area contributed by atoms with Crippen LogP contribution in [0.15, 0.2) is 48.2 Å². The third-order valence-corrected chi connectivity index (χ3v) is 9.34. The van der Waals surface area contributed by atoms with Crippen LogP contribution in [0, 0.1) is 26.2 Å². The first-order valence-corrected chi connectivity index (χ1v) is 18.3. The Hall–Kier alpha value is -3.61. The Bertz CT molecular complexity index is 1470. The molecule has 0 radical (unpaired) electrons. The van der Waals surface area contributed by atoms with Crippen molar-refractivity contribution in [2.24, 2.45) is 5.41 Å². The lowest BCUT2D eigenvalue weighted by Gasteiger charge is -2.37. The lowest BCUT2D eigenvalue weighted by molar-refractivity contribution is -0.154. The van der Waals surface area contributed by atoms with Gasteiger partial charge in [0.15, 0.2) is 11.4 Å². The maximum Gasteiger partial charge on any atom is 0.343 e. The average molecular weight is 724 g/mol. The summed E-state index contributed by atoms with van der Waals surface area (Å²) in [5.74, 6) is -0.0156. The van der Waals surface area contributed by atoms with Crippen LogP contribution in [0.4, 0.5) is 0 Å². The molecular formula is C41H57NO10. The number of hydrogen-bond donors (Lipinski definition) is 1. The molecule has 1 amide bonds. The number of carbonyl (C=O) groups is 3. The molecule has 0 bridgehead atoms. The van der Waals surface area contributed by atoms with E-state index < -0.39 is 11.6 Å². The second-order valence-electron chi connectivity index (χ2n) is 14.6. The van der Waals surface area contributed by atoms with E-state index in [1.807, 2.05) is 65.0 Å². The fourth-order valence-electron chi connectivity index (χ4n) is 6.64. The third kappa shape index (κ3) is 12.0. The van der Waals surface area contributed by atoms with Gasteiger partial charge in [0.05, 0.1) is 65.0 Å². The maximum absolute atomic E-state index is 13.6. The normalized spacial score (nSPS) is 19.5. The van der Waals surface area contributed by atoms with Crippen molar-refractivity contribution in [3.05, 3.63) is 76.0 Å². The van der Waals surface area contributed by atoms with Gasteiger partial charge >= 0.3 is 5.97 Å². The van der Waals surface area contributed by atoms with Crippen molar-refractivity contribution in [3.8, 4) is 0 Å². The SMILES string of the molecule is Cc1cc(C)c(C2=C(OCc3ccccc3)C3(CCC(OCCOCCOCCOCCOCC(=O)NC(C=O)C(C)(C)C)CC3)OC2=O)c(C)c1. The molecule has 11 nitrogen and oxygen atoms in total. The van der Waals surface area contributed by atoms with E-state index in [0.717, 1.165) is 46.9 Å². The van der Waals surface area contributed by atoms with Crippen molar-refractivity contribution in [2.45, 2.75) is 91.6 Å². The minimum atomic E-state index is -0.806. The van der Waals surface area contributed by atoms with E-state index in [4.69, 9.17) is 33.2 Å². The predicted molar refractivity (Wildman–Crippen MR) is 197 cm³/mol. The first-order chi connectivity index (χ1) is 24.9. The minimum Gasteiger partial charge on any atom is -0.488 e. The Morgan fingerprint density at radius 2 is 1.44 bits per heavy atom. The number of esters is 1. The highest BCUT2D eigenvalue weighted by Crippen LogP contribution is 2.48. The highest BCUT2D eigenvalue weighted by atomic mass is 16.6. The molecule has 1 heterocycles. The van der Waals surface area contributed by atoms with E-state index in [2.05, 4.69) is 24.4 Å². The zero-order valence-electron chi connectivity index (χ0n) is 31.8. The summed E-state index contributed by atoms with van der Waals surface area (Å²) in [6.45, 7) is 15.2. The summed E-state index contributed by atoms with van der Waals surface area (Å²) >= 11 is 0. The van der Waals surface area contributed by atoms with Crippen LogP contribution >= 0.6 is 0 Å². The van der Waals surface area contributed by atoms with Crippen molar-refractivity contribution < 1.29 is 47.5 Å². The van der Waals surface area contributed by atoms with E-state index in [0.29, 0.717) is 77.0 Å². The molecule has 1 aliphatic carbocycles. The summed E-state index contributed by atoms with van der Waals surface area (Å²) in [6.07, 6.45) is 3.51. The zero-order valence-corrected chi connectivity index (χ0v) is 31.8. The molecule has 1 spiro atoms. The number of rotatable bonds is 21. The van der Waals surface area contributed by atoms with Gasteiger partial charge in [-0.3, -0.25) is 4.79 Å². The Balaban J connectivity index is 1.11.